The summed E-state index contributed by atoms with van der Waals surface area (Å²) in [5.74, 6) is 0. The molecule has 0 saturated heterocycles. The van der Waals surface area contributed by atoms with Crippen LogP contribution in [0, 0.1) is 5.41 Å². The molecule has 0 rings (SSSR count). The van der Waals surface area contributed by atoms with E-state index >= 15 is 0 Å². The minimum absolute atomic E-state index is 0.0593. The third-order valence-electron chi connectivity index (χ3n) is 0.603. The summed E-state index contributed by atoms with van der Waals surface area (Å²) in [5.41, 5.74) is 0.0593. The molecule has 0 radical (unpaired) electrons. The van der Waals surface area contributed by atoms with Gasteiger partial charge in [-0.3, -0.25) is 4.52 Å². The van der Waals surface area contributed by atoms with E-state index in [1.807, 2.05) is 20.8 Å². The molecule has 0 aromatic carbocycles. The average molecular weight is 166 g/mol. The fourth-order valence-electron chi connectivity index (χ4n) is 0.246. The van der Waals surface area contributed by atoms with Crippen molar-refractivity contribution in [2.45, 2.75) is 20.8 Å². The highest BCUT2D eigenvalue weighted by atomic mass is 32.4. The largest absolute Gasteiger partial charge is 0.311 e. The van der Waals surface area contributed by atoms with E-state index in [1.165, 1.54) is 0 Å². The lowest BCUT2D eigenvalue weighted by Gasteiger charge is -2.14. The van der Waals surface area contributed by atoms with E-state index in [0.717, 1.165) is 0 Å². The topological polar surface area (TPSA) is 26.3 Å². The molecule has 0 fully saturated rings. The summed E-state index contributed by atoms with van der Waals surface area (Å²) >= 11 is 4.33. The van der Waals surface area contributed by atoms with Crippen LogP contribution in [0.15, 0.2) is 0 Å². The lowest BCUT2D eigenvalue weighted by molar-refractivity contribution is 0.213. The number of rotatable bonds is 2. The van der Waals surface area contributed by atoms with Gasteiger partial charge in [0.15, 0.2) is 0 Å². The van der Waals surface area contributed by atoms with Crippen LogP contribution < -0.4 is 0 Å². The number of hydrogen-bond donors (Lipinski definition) is 0. The third kappa shape index (κ3) is 8.28. The van der Waals surface area contributed by atoms with Crippen molar-refractivity contribution in [3.05, 3.63) is 0 Å². The molecule has 0 aromatic rings. The summed E-state index contributed by atoms with van der Waals surface area (Å²) in [5, 5.41) is 0. The Kier molecular flexibility index (Phi) is 3.56. The van der Waals surface area contributed by atoms with Crippen molar-refractivity contribution in [1.29, 1.82) is 0 Å². The molecular weight excluding hydrogens is 155 g/mol. The second-order valence-corrected chi connectivity index (χ2v) is 4.66. The van der Waals surface area contributed by atoms with E-state index in [4.69, 9.17) is 4.52 Å². The van der Waals surface area contributed by atoms with Gasteiger partial charge < -0.3 is 0 Å². The molecule has 0 amide bonds. The summed E-state index contributed by atoms with van der Waals surface area (Å²) in [7, 11) is 0. The molecule has 2 nitrogen and oxygen atoms in total. The van der Waals surface area contributed by atoms with Gasteiger partial charge >= 0.3 is 6.80 Å². The van der Waals surface area contributed by atoms with E-state index in [2.05, 4.69) is 11.8 Å². The van der Waals surface area contributed by atoms with Gasteiger partial charge in [-0.15, -0.1) is 0 Å². The molecular formula is C5H11O2PS. The highest BCUT2D eigenvalue weighted by Gasteiger charge is 2.09. The van der Waals surface area contributed by atoms with Gasteiger partial charge in [0.2, 0.25) is 0 Å². The van der Waals surface area contributed by atoms with Crippen LogP contribution in [0.25, 0.3) is 0 Å². The van der Waals surface area contributed by atoms with Gasteiger partial charge in [0.05, 0.1) is 6.61 Å². The molecule has 0 aromatic heterocycles. The summed E-state index contributed by atoms with van der Waals surface area (Å²) in [6.07, 6.45) is 0. The zero-order valence-corrected chi connectivity index (χ0v) is 7.59. The molecule has 0 spiro atoms. The molecule has 1 unspecified atom stereocenters. The Morgan fingerprint density at radius 2 is 2.00 bits per heavy atom. The normalized spacial score (nSPS) is 13.4. The van der Waals surface area contributed by atoms with Crippen molar-refractivity contribution in [3.63, 3.8) is 0 Å². The first-order chi connectivity index (χ1) is 3.92. The maximum atomic E-state index is 10.2. The Bertz CT molecular complexity index is 138. The molecule has 0 aliphatic heterocycles. The molecule has 1 atom stereocenters. The Labute approximate surface area is 61.1 Å². The summed E-state index contributed by atoms with van der Waals surface area (Å²) < 4.78 is 15.0. The lowest BCUT2D eigenvalue weighted by Crippen LogP contribution is -2.11. The predicted octanol–water partition coefficient (Wildman–Crippen LogP) is 2.25. The highest BCUT2D eigenvalue weighted by molar-refractivity contribution is 7.97. The minimum Gasteiger partial charge on any atom is -0.292 e. The van der Waals surface area contributed by atoms with E-state index < -0.39 is 6.80 Å². The van der Waals surface area contributed by atoms with Crippen molar-refractivity contribution in [1.82, 2.24) is 0 Å². The Morgan fingerprint density at radius 1 is 1.56 bits per heavy atom. The Morgan fingerprint density at radius 3 is 2.11 bits per heavy atom. The molecule has 0 saturated carbocycles. The molecule has 0 N–H and O–H groups in total. The summed E-state index contributed by atoms with van der Waals surface area (Å²) in [6, 6.07) is 0. The second-order valence-electron chi connectivity index (χ2n) is 3.06. The first-order valence-corrected chi connectivity index (χ1v) is 4.88. The molecule has 9 heavy (non-hydrogen) atoms. The van der Waals surface area contributed by atoms with Crippen LogP contribution >= 0.6 is 6.80 Å². The Balaban J connectivity index is 3.52. The van der Waals surface area contributed by atoms with Gasteiger partial charge in [0, 0.05) is 11.8 Å². The molecule has 4 heteroatoms. The SMILES string of the molecule is CC(C)(C)COP(=O)=S. The van der Waals surface area contributed by atoms with E-state index in [0.29, 0.717) is 6.61 Å². The summed E-state index contributed by atoms with van der Waals surface area (Å²) in [6.45, 7) is 4.64. The molecule has 0 aliphatic carbocycles. The average Bonchev–Trinajstić information content (AvgIpc) is 1.59. The smallest absolute Gasteiger partial charge is 0.292 e. The zero-order valence-electron chi connectivity index (χ0n) is 5.88. The molecule has 54 valence electrons. The van der Waals surface area contributed by atoms with Crippen molar-refractivity contribution in [2.75, 3.05) is 6.61 Å². The standard InChI is InChI=1S/C5H11O2PS/c1-5(2,3)4-7-8(6)9/h4H2,1-3H3. The minimum atomic E-state index is -1.83. The van der Waals surface area contributed by atoms with Crippen LogP contribution in [0.5, 0.6) is 0 Å². The van der Waals surface area contributed by atoms with Gasteiger partial charge in [-0.1, -0.05) is 20.8 Å². The van der Waals surface area contributed by atoms with Crippen molar-refractivity contribution >= 4 is 18.6 Å². The van der Waals surface area contributed by atoms with Gasteiger partial charge in [-0.05, 0) is 5.41 Å². The van der Waals surface area contributed by atoms with Gasteiger partial charge in [0.25, 0.3) is 0 Å². The van der Waals surface area contributed by atoms with Crippen LogP contribution in [0.1, 0.15) is 20.8 Å². The van der Waals surface area contributed by atoms with Crippen molar-refractivity contribution < 1.29 is 9.09 Å². The third-order valence-corrected chi connectivity index (χ3v) is 1.26. The predicted molar refractivity (Wildman–Crippen MR) is 40.4 cm³/mol. The zero-order chi connectivity index (χ0) is 7.49. The Hall–Kier alpha value is 0.280. The van der Waals surface area contributed by atoms with E-state index in [-0.39, 0.29) is 5.41 Å². The fraction of sp³-hybridized carbons (Fsp3) is 1.00. The molecule has 0 bridgehead atoms. The van der Waals surface area contributed by atoms with Crippen molar-refractivity contribution in [2.24, 2.45) is 5.41 Å². The highest BCUT2D eigenvalue weighted by Crippen LogP contribution is 2.18. The monoisotopic (exact) mass is 166 g/mol. The first-order valence-electron chi connectivity index (χ1n) is 2.69. The van der Waals surface area contributed by atoms with E-state index in [9.17, 15) is 4.57 Å². The first kappa shape index (κ1) is 9.28. The quantitative estimate of drug-likeness (QED) is 0.588. The van der Waals surface area contributed by atoms with Crippen LogP contribution in [-0.2, 0) is 20.9 Å². The van der Waals surface area contributed by atoms with E-state index in [1.54, 1.807) is 0 Å². The van der Waals surface area contributed by atoms with Crippen LogP contribution in [0.2, 0.25) is 0 Å². The summed E-state index contributed by atoms with van der Waals surface area (Å²) in [4.78, 5) is 0. The molecule has 0 aliphatic rings. The second kappa shape index (κ2) is 3.45. The maximum Gasteiger partial charge on any atom is 0.311 e. The van der Waals surface area contributed by atoms with Crippen LogP contribution in [0.3, 0.4) is 0 Å². The van der Waals surface area contributed by atoms with Crippen molar-refractivity contribution in [3.8, 4) is 0 Å². The van der Waals surface area contributed by atoms with Gasteiger partial charge in [-0.2, -0.15) is 0 Å². The fourth-order valence-corrected chi connectivity index (χ4v) is 0.897. The lowest BCUT2D eigenvalue weighted by atomic mass is 9.99. The number of hydrogen-bond acceptors (Lipinski definition) is 3. The van der Waals surface area contributed by atoms with Gasteiger partial charge in [0.1, 0.15) is 0 Å². The van der Waals surface area contributed by atoms with Crippen LogP contribution in [-0.4, -0.2) is 6.61 Å². The van der Waals surface area contributed by atoms with Crippen LogP contribution in [0.4, 0.5) is 0 Å². The maximum absolute atomic E-state index is 10.2. The van der Waals surface area contributed by atoms with Gasteiger partial charge in [-0.25, -0.2) is 4.57 Å². The molecule has 0 heterocycles.